The molecule has 1 aliphatic rings. The average molecular weight is 280 g/mol. The van der Waals surface area contributed by atoms with Gasteiger partial charge in [-0.15, -0.1) is 0 Å². The van der Waals surface area contributed by atoms with Crippen molar-refractivity contribution in [2.75, 3.05) is 23.7 Å². The van der Waals surface area contributed by atoms with Crippen LogP contribution in [0.2, 0.25) is 0 Å². The molecule has 0 bridgehead atoms. The van der Waals surface area contributed by atoms with Crippen molar-refractivity contribution in [3.8, 4) is 0 Å². The highest BCUT2D eigenvalue weighted by Gasteiger charge is 2.22. The fourth-order valence-electron chi connectivity index (χ4n) is 2.46. The van der Waals surface area contributed by atoms with E-state index in [0.717, 1.165) is 41.5 Å². The number of aryl methyl sites for hydroxylation is 2. The molecule has 0 saturated carbocycles. The Kier molecular flexibility index (Phi) is 4.19. The first-order chi connectivity index (χ1) is 9.02. The minimum atomic E-state index is 0.130. The first-order valence-electron chi connectivity index (χ1n) is 6.35. The smallest absolute Gasteiger partial charge is 0.174 e. The second-order valence-corrected chi connectivity index (χ2v) is 6.40. The Morgan fingerprint density at radius 2 is 2.32 bits per heavy atom. The van der Waals surface area contributed by atoms with E-state index in [1.807, 2.05) is 31.7 Å². The summed E-state index contributed by atoms with van der Waals surface area (Å²) in [7, 11) is 0. The number of anilines is 1. The minimum Gasteiger partial charge on any atom is -0.409 e. The second kappa shape index (κ2) is 5.69. The molecule has 1 fully saturated rings. The summed E-state index contributed by atoms with van der Waals surface area (Å²) in [5.74, 6) is 1.22. The Balaban J connectivity index is 2.48. The molecule has 6 heteroatoms. The fraction of sp³-hybridized carbons (Fsp3) is 0.538. The van der Waals surface area contributed by atoms with Gasteiger partial charge in [-0.1, -0.05) is 12.1 Å². The van der Waals surface area contributed by atoms with Gasteiger partial charge in [0.25, 0.3) is 0 Å². The van der Waals surface area contributed by atoms with Crippen LogP contribution in [0.15, 0.2) is 11.2 Å². The Labute approximate surface area is 117 Å². The maximum atomic E-state index is 8.97. The van der Waals surface area contributed by atoms with Crippen molar-refractivity contribution in [3.05, 3.63) is 23.0 Å². The Bertz CT molecular complexity index is 504. The third-order valence-corrected chi connectivity index (χ3v) is 4.39. The lowest BCUT2D eigenvalue weighted by Gasteiger charge is -2.34. The molecule has 1 saturated heterocycles. The Morgan fingerprint density at radius 3 is 2.95 bits per heavy atom. The van der Waals surface area contributed by atoms with Crippen molar-refractivity contribution >= 4 is 23.3 Å². The van der Waals surface area contributed by atoms with Crippen LogP contribution in [0.25, 0.3) is 0 Å². The molecule has 3 N–H and O–H groups in total. The number of hydrogen-bond donors (Lipinski definition) is 2. The molecule has 0 aliphatic carbocycles. The van der Waals surface area contributed by atoms with E-state index in [1.165, 1.54) is 0 Å². The van der Waals surface area contributed by atoms with Crippen LogP contribution < -0.4 is 10.6 Å². The zero-order valence-electron chi connectivity index (χ0n) is 11.6. The van der Waals surface area contributed by atoms with Gasteiger partial charge in [-0.3, -0.25) is 4.98 Å². The van der Waals surface area contributed by atoms with Crippen molar-refractivity contribution < 1.29 is 5.21 Å². The number of oxime groups is 1. The van der Waals surface area contributed by atoms with E-state index in [2.05, 4.69) is 22.0 Å². The van der Waals surface area contributed by atoms with Crippen LogP contribution in [0.3, 0.4) is 0 Å². The first-order valence-corrected chi connectivity index (χ1v) is 7.40. The molecule has 0 amide bonds. The lowest BCUT2D eigenvalue weighted by Crippen LogP contribution is -2.38. The fourth-order valence-corrected chi connectivity index (χ4v) is 3.47. The summed E-state index contributed by atoms with van der Waals surface area (Å²) in [4.78, 5) is 6.72. The van der Waals surface area contributed by atoms with E-state index in [1.54, 1.807) is 0 Å². The van der Waals surface area contributed by atoms with Crippen molar-refractivity contribution in [2.45, 2.75) is 26.0 Å². The van der Waals surface area contributed by atoms with Crippen LogP contribution >= 0.6 is 11.8 Å². The summed E-state index contributed by atoms with van der Waals surface area (Å²) in [5, 5.41) is 12.7. The summed E-state index contributed by atoms with van der Waals surface area (Å²) < 4.78 is 0. The molecule has 19 heavy (non-hydrogen) atoms. The van der Waals surface area contributed by atoms with Gasteiger partial charge >= 0.3 is 0 Å². The highest BCUT2D eigenvalue weighted by molar-refractivity contribution is 8.00. The van der Waals surface area contributed by atoms with Crippen LogP contribution in [0, 0.1) is 13.8 Å². The molecule has 1 aliphatic heterocycles. The van der Waals surface area contributed by atoms with E-state index < -0.39 is 0 Å². The highest BCUT2D eigenvalue weighted by atomic mass is 32.2. The van der Waals surface area contributed by atoms with Crippen molar-refractivity contribution in [1.29, 1.82) is 0 Å². The lowest BCUT2D eigenvalue weighted by molar-refractivity contribution is 0.318. The molecule has 0 radical (unpaired) electrons. The lowest BCUT2D eigenvalue weighted by atomic mass is 10.1. The third kappa shape index (κ3) is 2.94. The van der Waals surface area contributed by atoms with E-state index in [4.69, 9.17) is 10.9 Å². The largest absolute Gasteiger partial charge is 0.409 e. The molecule has 1 atom stereocenters. The monoisotopic (exact) mass is 280 g/mol. The summed E-state index contributed by atoms with van der Waals surface area (Å²) >= 11 is 1.98. The number of rotatable bonds is 2. The van der Waals surface area contributed by atoms with Gasteiger partial charge in [-0.05, 0) is 19.9 Å². The molecule has 2 heterocycles. The van der Waals surface area contributed by atoms with Crippen LogP contribution in [0.1, 0.15) is 23.9 Å². The van der Waals surface area contributed by atoms with Gasteiger partial charge in [0, 0.05) is 29.8 Å². The van der Waals surface area contributed by atoms with Crippen molar-refractivity contribution in [1.82, 2.24) is 4.98 Å². The number of thioether (sulfide) groups is 1. The van der Waals surface area contributed by atoms with Gasteiger partial charge < -0.3 is 15.8 Å². The maximum Gasteiger partial charge on any atom is 0.174 e. The molecule has 1 aromatic rings. The van der Waals surface area contributed by atoms with E-state index in [9.17, 15) is 0 Å². The predicted octanol–water partition coefficient (Wildman–Crippen LogP) is 1.73. The second-order valence-electron chi connectivity index (χ2n) is 4.86. The maximum absolute atomic E-state index is 8.97. The summed E-state index contributed by atoms with van der Waals surface area (Å²) in [6.45, 7) is 8.03. The number of aromatic nitrogens is 1. The minimum absolute atomic E-state index is 0.130. The quantitative estimate of drug-likeness (QED) is 0.373. The Morgan fingerprint density at radius 1 is 1.58 bits per heavy atom. The number of nitrogens with zero attached hydrogens (tertiary/aromatic N) is 3. The third-order valence-electron chi connectivity index (χ3n) is 3.25. The molecule has 104 valence electrons. The standard InChI is InChI=1S/C13H20N4OS/c1-8-6-11(17-4-5-19-9(2)7-17)12(10(3)15-8)13(14)16-18/h6,9,18H,4-5,7H2,1-3H3,(H2,14,16). The Hall–Kier alpha value is -1.43. The molecule has 0 spiro atoms. The van der Waals surface area contributed by atoms with Crippen LogP contribution in [-0.2, 0) is 0 Å². The molecule has 0 aromatic carbocycles. The molecular formula is C13H20N4OS. The van der Waals surface area contributed by atoms with Crippen molar-refractivity contribution in [3.63, 3.8) is 0 Å². The number of hydrogen-bond acceptors (Lipinski definition) is 5. The van der Waals surface area contributed by atoms with Gasteiger partial charge in [0.15, 0.2) is 5.84 Å². The molecule has 1 aromatic heterocycles. The van der Waals surface area contributed by atoms with Gasteiger partial charge in [0.2, 0.25) is 0 Å². The van der Waals surface area contributed by atoms with Gasteiger partial charge in [-0.2, -0.15) is 11.8 Å². The van der Waals surface area contributed by atoms with E-state index in [-0.39, 0.29) is 5.84 Å². The predicted molar refractivity (Wildman–Crippen MR) is 80.4 cm³/mol. The zero-order valence-corrected chi connectivity index (χ0v) is 12.4. The normalized spacial score (nSPS) is 20.7. The summed E-state index contributed by atoms with van der Waals surface area (Å²) in [5.41, 5.74) is 9.33. The van der Waals surface area contributed by atoms with Crippen molar-refractivity contribution in [2.24, 2.45) is 10.9 Å². The molecular weight excluding hydrogens is 260 g/mol. The van der Waals surface area contributed by atoms with Gasteiger partial charge in [0.05, 0.1) is 16.9 Å². The first kappa shape index (κ1) is 14.0. The van der Waals surface area contributed by atoms with E-state index in [0.29, 0.717) is 5.25 Å². The topological polar surface area (TPSA) is 74.7 Å². The number of nitrogens with two attached hydrogens (primary N) is 1. The highest BCUT2D eigenvalue weighted by Crippen LogP contribution is 2.28. The summed E-state index contributed by atoms with van der Waals surface area (Å²) in [6.07, 6.45) is 0. The number of amidine groups is 1. The van der Waals surface area contributed by atoms with Crippen LogP contribution in [-0.4, -0.2) is 40.1 Å². The van der Waals surface area contributed by atoms with E-state index >= 15 is 0 Å². The van der Waals surface area contributed by atoms with Crippen LogP contribution in [0.4, 0.5) is 5.69 Å². The molecule has 1 unspecified atom stereocenters. The summed E-state index contributed by atoms with van der Waals surface area (Å²) in [6, 6.07) is 2.02. The molecule has 5 nitrogen and oxygen atoms in total. The van der Waals surface area contributed by atoms with Gasteiger partial charge in [-0.25, -0.2) is 0 Å². The SMILES string of the molecule is Cc1cc(N2CCSC(C)C2)c(/C(N)=N/O)c(C)n1. The zero-order chi connectivity index (χ0) is 14.0. The van der Waals surface area contributed by atoms with Gasteiger partial charge in [0.1, 0.15) is 0 Å². The number of pyridine rings is 1. The average Bonchev–Trinajstić information content (AvgIpc) is 2.37. The van der Waals surface area contributed by atoms with Crippen LogP contribution in [0.5, 0.6) is 0 Å². The molecule has 2 rings (SSSR count).